The van der Waals surface area contributed by atoms with E-state index in [1.54, 1.807) is 4.80 Å². The van der Waals surface area contributed by atoms with Crippen molar-refractivity contribution in [1.29, 1.82) is 0 Å². The van der Waals surface area contributed by atoms with Gasteiger partial charge in [-0.2, -0.15) is 4.80 Å². The molecule has 0 aliphatic rings. The van der Waals surface area contributed by atoms with E-state index in [2.05, 4.69) is 55.9 Å². The zero-order valence-corrected chi connectivity index (χ0v) is 14.2. The first kappa shape index (κ1) is 13.6. The Hall–Kier alpha value is -1.40. The second-order valence-electron chi connectivity index (χ2n) is 4.67. The van der Waals surface area contributed by atoms with Crippen molar-refractivity contribution in [3.05, 3.63) is 44.3 Å². The molecule has 0 atom stereocenters. The molecule has 102 valence electrons. The summed E-state index contributed by atoms with van der Waals surface area (Å²) in [4.78, 5) is 1.66. The molecule has 3 aromatic rings. The lowest BCUT2D eigenvalue weighted by Crippen LogP contribution is -2.02. The van der Waals surface area contributed by atoms with Gasteiger partial charge in [0, 0.05) is 14.6 Å². The largest absolute Gasteiger partial charge is 0.398 e. The Morgan fingerprint density at radius 2 is 1.60 bits per heavy atom. The van der Waals surface area contributed by atoms with Crippen molar-refractivity contribution in [2.75, 3.05) is 5.73 Å². The van der Waals surface area contributed by atoms with Gasteiger partial charge in [0.15, 0.2) is 0 Å². The molecule has 6 heteroatoms. The maximum atomic E-state index is 5.88. The molecule has 20 heavy (non-hydrogen) atoms. The van der Waals surface area contributed by atoms with Crippen molar-refractivity contribution in [3.63, 3.8) is 0 Å². The molecule has 2 N–H and O–H groups in total. The van der Waals surface area contributed by atoms with Crippen LogP contribution in [-0.4, -0.2) is 15.0 Å². The summed E-state index contributed by atoms with van der Waals surface area (Å²) in [6.07, 6.45) is 0. The quantitative estimate of drug-likeness (QED) is 0.629. The number of fused-ring (bicyclic) bond motifs is 1. The van der Waals surface area contributed by atoms with Gasteiger partial charge in [0.2, 0.25) is 0 Å². The van der Waals surface area contributed by atoms with Gasteiger partial charge in [-0.25, -0.2) is 0 Å². The minimum atomic E-state index is 0.660. The molecular weight excluding hydrogens is 384 g/mol. The number of nitrogen functional groups attached to an aromatic ring is 1. The maximum absolute atomic E-state index is 5.88. The van der Waals surface area contributed by atoms with E-state index in [1.165, 1.54) is 5.56 Å². The van der Waals surface area contributed by atoms with Gasteiger partial charge in [0.1, 0.15) is 11.0 Å². The molecule has 0 saturated carbocycles. The Kier molecular flexibility index (Phi) is 3.30. The average Bonchev–Trinajstić information content (AvgIpc) is 2.79. The molecule has 0 aliphatic carbocycles. The summed E-state index contributed by atoms with van der Waals surface area (Å²) in [6.45, 7) is 4.13. The van der Waals surface area contributed by atoms with Crippen molar-refractivity contribution >= 4 is 48.6 Å². The van der Waals surface area contributed by atoms with Crippen LogP contribution in [0.1, 0.15) is 11.1 Å². The number of halogens is 2. The van der Waals surface area contributed by atoms with E-state index in [1.807, 2.05) is 24.3 Å². The number of nitrogens with zero attached hydrogens (tertiary/aromatic N) is 3. The molecule has 0 amide bonds. The number of rotatable bonds is 1. The highest BCUT2D eigenvalue weighted by Crippen LogP contribution is 2.27. The van der Waals surface area contributed by atoms with Gasteiger partial charge < -0.3 is 5.73 Å². The number of nitrogens with two attached hydrogens (primary N) is 1. The third kappa shape index (κ3) is 2.13. The molecular formula is C14H12Br2N4. The fourth-order valence-electron chi connectivity index (χ4n) is 2.05. The van der Waals surface area contributed by atoms with Crippen LogP contribution in [0.3, 0.4) is 0 Å². The van der Waals surface area contributed by atoms with Gasteiger partial charge in [-0.3, -0.25) is 0 Å². The minimum absolute atomic E-state index is 0.660. The first-order valence-corrected chi connectivity index (χ1v) is 7.64. The Bertz CT molecular complexity index is 785. The van der Waals surface area contributed by atoms with Crippen LogP contribution in [-0.2, 0) is 0 Å². The van der Waals surface area contributed by atoms with Gasteiger partial charge in [-0.05, 0) is 65.2 Å². The fourth-order valence-corrected chi connectivity index (χ4v) is 2.81. The SMILES string of the molecule is Cc1c(Br)ccc(-n2nc3cc(N)c(Br)cc3n2)c1C. The summed E-state index contributed by atoms with van der Waals surface area (Å²) in [7, 11) is 0. The van der Waals surface area contributed by atoms with Crippen LogP contribution in [0.4, 0.5) is 5.69 Å². The average molecular weight is 396 g/mol. The molecule has 4 nitrogen and oxygen atoms in total. The van der Waals surface area contributed by atoms with Crippen molar-refractivity contribution in [1.82, 2.24) is 15.0 Å². The number of hydrogen-bond acceptors (Lipinski definition) is 3. The van der Waals surface area contributed by atoms with E-state index >= 15 is 0 Å². The lowest BCUT2D eigenvalue weighted by Gasteiger charge is -2.08. The molecule has 0 spiro atoms. The molecule has 0 bridgehead atoms. The van der Waals surface area contributed by atoms with Gasteiger partial charge in [-0.1, -0.05) is 15.9 Å². The summed E-state index contributed by atoms with van der Waals surface area (Å²) in [5.74, 6) is 0. The van der Waals surface area contributed by atoms with Gasteiger partial charge in [0.25, 0.3) is 0 Å². The minimum Gasteiger partial charge on any atom is -0.398 e. The second-order valence-corrected chi connectivity index (χ2v) is 6.38. The third-order valence-electron chi connectivity index (χ3n) is 3.41. The number of hydrogen-bond donors (Lipinski definition) is 1. The van der Waals surface area contributed by atoms with Crippen LogP contribution < -0.4 is 5.73 Å². The topological polar surface area (TPSA) is 56.7 Å². The summed E-state index contributed by atoms with van der Waals surface area (Å²) < 4.78 is 1.92. The lowest BCUT2D eigenvalue weighted by atomic mass is 10.1. The molecule has 0 aliphatic heterocycles. The highest BCUT2D eigenvalue weighted by Gasteiger charge is 2.11. The van der Waals surface area contributed by atoms with Gasteiger partial charge in [-0.15, -0.1) is 10.2 Å². The molecule has 1 aromatic heterocycles. The number of anilines is 1. The normalized spacial score (nSPS) is 11.2. The first-order valence-electron chi connectivity index (χ1n) is 6.05. The highest BCUT2D eigenvalue weighted by atomic mass is 79.9. The molecule has 0 radical (unpaired) electrons. The number of benzene rings is 2. The zero-order valence-electron chi connectivity index (χ0n) is 11.0. The van der Waals surface area contributed by atoms with Crippen molar-refractivity contribution in [3.8, 4) is 5.69 Å². The van der Waals surface area contributed by atoms with Crippen LogP contribution in [0.2, 0.25) is 0 Å². The van der Waals surface area contributed by atoms with Crippen LogP contribution in [0.25, 0.3) is 16.7 Å². The zero-order chi connectivity index (χ0) is 14.4. The molecule has 1 heterocycles. The van der Waals surface area contributed by atoms with Crippen LogP contribution in [0, 0.1) is 13.8 Å². The van der Waals surface area contributed by atoms with Gasteiger partial charge in [0.05, 0.1) is 5.69 Å². The highest BCUT2D eigenvalue weighted by molar-refractivity contribution is 9.10. The Morgan fingerprint density at radius 3 is 2.30 bits per heavy atom. The molecule has 0 fully saturated rings. The maximum Gasteiger partial charge on any atom is 0.115 e. The number of aromatic nitrogens is 3. The van der Waals surface area contributed by atoms with Crippen LogP contribution in [0.5, 0.6) is 0 Å². The van der Waals surface area contributed by atoms with Crippen molar-refractivity contribution in [2.24, 2.45) is 0 Å². The Balaban J connectivity index is 2.23. The first-order chi connectivity index (χ1) is 9.47. The molecule has 2 aromatic carbocycles. The molecule has 0 saturated heterocycles. The van der Waals surface area contributed by atoms with E-state index in [9.17, 15) is 0 Å². The van der Waals surface area contributed by atoms with Crippen molar-refractivity contribution < 1.29 is 0 Å². The van der Waals surface area contributed by atoms with Crippen LogP contribution >= 0.6 is 31.9 Å². The van der Waals surface area contributed by atoms with E-state index in [0.717, 1.165) is 31.2 Å². The summed E-state index contributed by atoms with van der Waals surface area (Å²) in [5, 5.41) is 9.03. The Labute approximate surface area is 133 Å². The third-order valence-corrected chi connectivity index (χ3v) is 4.95. The smallest absolute Gasteiger partial charge is 0.115 e. The summed E-state index contributed by atoms with van der Waals surface area (Å²) >= 11 is 6.94. The van der Waals surface area contributed by atoms with Crippen LogP contribution in [0.15, 0.2) is 33.2 Å². The summed E-state index contributed by atoms with van der Waals surface area (Å²) in [6, 6.07) is 7.72. The summed E-state index contributed by atoms with van der Waals surface area (Å²) in [5.41, 5.74) is 11.4. The van der Waals surface area contributed by atoms with E-state index in [-0.39, 0.29) is 0 Å². The molecule has 0 unspecified atom stereocenters. The van der Waals surface area contributed by atoms with E-state index < -0.39 is 0 Å². The lowest BCUT2D eigenvalue weighted by molar-refractivity contribution is 0.759. The predicted octanol–water partition coefficient (Wildman–Crippen LogP) is 4.14. The predicted molar refractivity (Wildman–Crippen MR) is 88.2 cm³/mol. The van der Waals surface area contributed by atoms with E-state index in [4.69, 9.17) is 5.73 Å². The fraction of sp³-hybridized carbons (Fsp3) is 0.143. The monoisotopic (exact) mass is 394 g/mol. The standard InChI is InChI=1S/C14H12Br2N4/c1-7-8(2)14(4-3-9(7)15)20-18-12-5-10(16)11(17)6-13(12)19-20/h3-6H,17H2,1-2H3. The van der Waals surface area contributed by atoms with Crippen molar-refractivity contribution in [2.45, 2.75) is 13.8 Å². The Morgan fingerprint density at radius 1 is 0.950 bits per heavy atom. The van der Waals surface area contributed by atoms with Gasteiger partial charge >= 0.3 is 0 Å². The molecule has 3 rings (SSSR count). The second kappa shape index (κ2) is 4.86. The van der Waals surface area contributed by atoms with E-state index in [0.29, 0.717) is 5.69 Å².